The summed E-state index contributed by atoms with van der Waals surface area (Å²) in [5, 5.41) is 12.1. The van der Waals surface area contributed by atoms with E-state index in [4.69, 9.17) is 9.97 Å². The van der Waals surface area contributed by atoms with E-state index >= 15 is 0 Å². The lowest BCUT2D eigenvalue weighted by Crippen LogP contribution is -2.04. The van der Waals surface area contributed by atoms with Gasteiger partial charge in [-0.1, -0.05) is 140 Å². The van der Waals surface area contributed by atoms with Gasteiger partial charge in [-0.05, 0) is 44.5 Å². The molecule has 10 rings (SSSR count). The van der Waals surface area contributed by atoms with Crippen molar-refractivity contribution in [2.75, 3.05) is 0 Å². The van der Waals surface area contributed by atoms with Crippen LogP contribution in [0.4, 0.5) is 0 Å². The molecule has 0 aliphatic rings. The SMILES string of the molecule is c1ccc(-c2nc3ccc4ccccc4c3nc2-n2c3ccccc3c3ccc4c(ccc5ccc6ccccc6c54)c32)cc1. The lowest BCUT2D eigenvalue weighted by Gasteiger charge is -2.16. The van der Waals surface area contributed by atoms with Crippen LogP contribution in [0, 0.1) is 0 Å². The van der Waals surface area contributed by atoms with Crippen molar-refractivity contribution in [3.05, 3.63) is 152 Å². The van der Waals surface area contributed by atoms with E-state index in [2.05, 4.69) is 156 Å². The van der Waals surface area contributed by atoms with E-state index in [0.29, 0.717) is 0 Å². The molecule has 0 bridgehead atoms. The van der Waals surface area contributed by atoms with Gasteiger partial charge in [-0.15, -0.1) is 0 Å². The van der Waals surface area contributed by atoms with Crippen molar-refractivity contribution in [2.24, 2.45) is 0 Å². The first-order chi connectivity index (χ1) is 22.3. The molecule has 0 radical (unpaired) electrons. The van der Waals surface area contributed by atoms with E-state index in [1.54, 1.807) is 0 Å². The average Bonchev–Trinajstić information content (AvgIpc) is 3.45. The summed E-state index contributed by atoms with van der Waals surface area (Å²) < 4.78 is 2.36. The Kier molecular flexibility index (Phi) is 5.00. The summed E-state index contributed by atoms with van der Waals surface area (Å²) in [7, 11) is 0. The lowest BCUT2D eigenvalue weighted by molar-refractivity contribution is 1.09. The second-order valence-electron chi connectivity index (χ2n) is 11.8. The van der Waals surface area contributed by atoms with Gasteiger partial charge in [-0.25, -0.2) is 9.97 Å². The fraction of sp³-hybridized carbons (Fsp3) is 0. The number of hydrogen-bond donors (Lipinski definition) is 0. The average molecular weight is 572 g/mol. The monoisotopic (exact) mass is 571 g/mol. The molecule has 8 aromatic carbocycles. The first-order valence-electron chi connectivity index (χ1n) is 15.4. The van der Waals surface area contributed by atoms with Gasteiger partial charge in [0, 0.05) is 27.1 Å². The molecule has 0 saturated heterocycles. The minimum absolute atomic E-state index is 0.835. The summed E-state index contributed by atoms with van der Waals surface area (Å²) in [4.78, 5) is 10.9. The Labute approximate surface area is 258 Å². The molecule has 0 fully saturated rings. The second-order valence-corrected chi connectivity index (χ2v) is 11.8. The summed E-state index contributed by atoms with van der Waals surface area (Å²) >= 11 is 0. The Morgan fingerprint density at radius 3 is 1.87 bits per heavy atom. The van der Waals surface area contributed by atoms with Crippen LogP contribution in [0.2, 0.25) is 0 Å². The van der Waals surface area contributed by atoms with Gasteiger partial charge in [-0.2, -0.15) is 0 Å². The van der Waals surface area contributed by atoms with Gasteiger partial charge in [0.2, 0.25) is 0 Å². The number of benzene rings is 8. The number of nitrogens with zero attached hydrogens (tertiary/aromatic N) is 3. The second kappa shape index (κ2) is 9.22. The van der Waals surface area contributed by atoms with Crippen molar-refractivity contribution in [1.82, 2.24) is 14.5 Å². The third-order valence-corrected chi connectivity index (χ3v) is 9.34. The minimum atomic E-state index is 0.835. The van der Waals surface area contributed by atoms with Crippen LogP contribution in [0.1, 0.15) is 0 Å². The van der Waals surface area contributed by atoms with Crippen molar-refractivity contribution in [1.29, 1.82) is 0 Å². The molecule has 45 heavy (non-hydrogen) atoms. The molecule has 0 aliphatic carbocycles. The Hall–Kier alpha value is -6.06. The van der Waals surface area contributed by atoms with Crippen LogP contribution in [0.3, 0.4) is 0 Å². The third-order valence-electron chi connectivity index (χ3n) is 9.34. The molecule has 0 atom stereocenters. The van der Waals surface area contributed by atoms with Crippen LogP contribution in [0.25, 0.3) is 93.0 Å². The maximum absolute atomic E-state index is 5.54. The normalized spacial score (nSPS) is 12.0. The highest BCUT2D eigenvalue weighted by molar-refractivity contribution is 6.27. The maximum atomic E-state index is 5.54. The quantitative estimate of drug-likeness (QED) is 0.193. The molecular formula is C42H25N3. The molecular weight excluding hydrogens is 546 g/mol. The van der Waals surface area contributed by atoms with Crippen LogP contribution in [0.5, 0.6) is 0 Å². The molecule has 3 nitrogen and oxygen atoms in total. The van der Waals surface area contributed by atoms with Crippen molar-refractivity contribution < 1.29 is 0 Å². The lowest BCUT2D eigenvalue weighted by atomic mass is 9.95. The highest BCUT2D eigenvalue weighted by atomic mass is 15.1. The van der Waals surface area contributed by atoms with Crippen LogP contribution in [-0.2, 0) is 0 Å². The Morgan fingerprint density at radius 2 is 1.00 bits per heavy atom. The summed E-state index contributed by atoms with van der Waals surface area (Å²) in [5.74, 6) is 0.835. The van der Waals surface area contributed by atoms with Gasteiger partial charge in [0.15, 0.2) is 5.82 Å². The fourth-order valence-electron chi connectivity index (χ4n) is 7.32. The predicted molar refractivity (Wildman–Crippen MR) is 189 cm³/mol. The van der Waals surface area contributed by atoms with Gasteiger partial charge in [-0.3, -0.25) is 4.57 Å². The largest absolute Gasteiger partial charge is 0.291 e. The third kappa shape index (κ3) is 3.46. The predicted octanol–water partition coefficient (Wildman–Crippen LogP) is 11.0. The Morgan fingerprint density at radius 1 is 0.400 bits per heavy atom. The Balaban J connectivity index is 1.43. The number of para-hydroxylation sites is 1. The molecule has 2 aromatic heterocycles. The van der Waals surface area contributed by atoms with Crippen LogP contribution in [0.15, 0.2) is 152 Å². The summed E-state index contributed by atoms with van der Waals surface area (Å²) in [6.45, 7) is 0. The van der Waals surface area contributed by atoms with Crippen molar-refractivity contribution in [3.63, 3.8) is 0 Å². The topological polar surface area (TPSA) is 30.7 Å². The first-order valence-corrected chi connectivity index (χ1v) is 15.4. The number of hydrogen-bond acceptors (Lipinski definition) is 2. The summed E-state index contributed by atoms with van der Waals surface area (Å²) in [5.41, 5.74) is 5.96. The van der Waals surface area contributed by atoms with E-state index in [1.807, 2.05) is 0 Å². The van der Waals surface area contributed by atoms with Gasteiger partial charge < -0.3 is 0 Å². The van der Waals surface area contributed by atoms with E-state index in [1.165, 1.54) is 43.1 Å². The standard InChI is InChI=1S/C42H25N3/c1-2-12-29(13-3-1)39-42(44-40-31-15-7-5-11-27(31)21-25-36(40)43-39)45-37-17-9-8-16-32(37)34-24-23-33-35(41(34)45)22-20-28-19-18-26-10-4-6-14-30(26)38(28)33/h1-25H. The van der Waals surface area contributed by atoms with Gasteiger partial charge >= 0.3 is 0 Å². The minimum Gasteiger partial charge on any atom is -0.291 e. The number of aromatic nitrogens is 3. The first kappa shape index (κ1) is 24.4. The zero-order chi connectivity index (χ0) is 29.5. The van der Waals surface area contributed by atoms with E-state index in [-0.39, 0.29) is 0 Å². The maximum Gasteiger partial charge on any atom is 0.165 e. The molecule has 10 aromatic rings. The molecule has 2 heterocycles. The number of fused-ring (bicyclic) bond motifs is 12. The van der Waals surface area contributed by atoms with Gasteiger partial charge in [0.05, 0.1) is 22.1 Å². The molecule has 3 heteroatoms. The van der Waals surface area contributed by atoms with Crippen LogP contribution < -0.4 is 0 Å². The van der Waals surface area contributed by atoms with Gasteiger partial charge in [0.1, 0.15) is 5.69 Å². The van der Waals surface area contributed by atoms with Crippen LogP contribution >= 0.6 is 0 Å². The fourth-order valence-corrected chi connectivity index (χ4v) is 7.32. The summed E-state index contributed by atoms with van der Waals surface area (Å²) in [6.07, 6.45) is 0. The molecule has 208 valence electrons. The summed E-state index contributed by atoms with van der Waals surface area (Å²) in [6, 6.07) is 54.1. The molecule has 0 amide bonds. The van der Waals surface area contributed by atoms with Crippen molar-refractivity contribution in [2.45, 2.75) is 0 Å². The van der Waals surface area contributed by atoms with E-state index in [0.717, 1.165) is 49.9 Å². The molecule has 0 aliphatic heterocycles. The van der Waals surface area contributed by atoms with Crippen molar-refractivity contribution >= 4 is 75.9 Å². The zero-order valence-electron chi connectivity index (χ0n) is 24.3. The molecule has 0 saturated carbocycles. The highest BCUT2D eigenvalue weighted by Gasteiger charge is 2.22. The van der Waals surface area contributed by atoms with Crippen molar-refractivity contribution in [3.8, 4) is 17.1 Å². The zero-order valence-corrected chi connectivity index (χ0v) is 24.3. The smallest absolute Gasteiger partial charge is 0.165 e. The molecule has 0 N–H and O–H groups in total. The van der Waals surface area contributed by atoms with Crippen LogP contribution in [-0.4, -0.2) is 14.5 Å². The highest BCUT2D eigenvalue weighted by Crippen LogP contribution is 2.42. The number of rotatable bonds is 2. The van der Waals surface area contributed by atoms with E-state index in [9.17, 15) is 0 Å². The van der Waals surface area contributed by atoms with E-state index < -0.39 is 0 Å². The Bertz CT molecular complexity index is 2810. The van der Waals surface area contributed by atoms with Gasteiger partial charge in [0.25, 0.3) is 0 Å². The molecule has 0 unspecified atom stereocenters. The molecule has 0 spiro atoms.